The van der Waals surface area contributed by atoms with E-state index in [1.54, 1.807) is 0 Å². The Hall–Kier alpha value is -2.40. The fourth-order valence-electron chi connectivity index (χ4n) is 2.37. The molecule has 0 bridgehead atoms. The van der Waals surface area contributed by atoms with Crippen LogP contribution < -0.4 is 5.32 Å². The van der Waals surface area contributed by atoms with Crippen LogP contribution in [0.2, 0.25) is 0 Å². The van der Waals surface area contributed by atoms with Crippen LogP contribution in [0.25, 0.3) is 5.65 Å². The summed E-state index contributed by atoms with van der Waals surface area (Å²) in [6, 6.07) is 11.6. The lowest BCUT2D eigenvalue weighted by Gasteiger charge is -2.13. The zero-order valence-electron chi connectivity index (χ0n) is 12.1. The van der Waals surface area contributed by atoms with Crippen molar-refractivity contribution in [1.82, 2.24) is 19.9 Å². The van der Waals surface area contributed by atoms with E-state index >= 15 is 0 Å². The van der Waals surface area contributed by atoms with E-state index < -0.39 is 0 Å². The van der Waals surface area contributed by atoms with Crippen molar-refractivity contribution in [1.29, 1.82) is 0 Å². The Morgan fingerprint density at radius 2 is 2.05 bits per heavy atom. The van der Waals surface area contributed by atoms with Gasteiger partial charge in [-0.15, -0.1) is 10.2 Å². The van der Waals surface area contributed by atoms with Gasteiger partial charge in [-0.2, -0.15) is 0 Å². The Bertz CT molecular complexity index is 766. The minimum absolute atomic E-state index is 0.0299. The molecule has 0 aliphatic carbocycles. The van der Waals surface area contributed by atoms with Gasteiger partial charge >= 0.3 is 0 Å². The molecule has 0 radical (unpaired) electrons. The SMILES string of the molecule is Cc1cccc(CNC(C)c2nnc3ccccn23)c1O. The summed E-state index contributed by atoms with van der Waals surface area (Å²) in [5, 5.41) is 21.8. The largest absolute Gasteiger partial charge is 0.507 e. The van der Waals surface area contributed by atoms with E-state index in [1.807, 2.05) is 60.8 Å². The number of nitrogens with one attached hydrogen (secondary N) is 1. The minimum atomic E-state index is 0.0299. The molecule has 0 aliphatic heterocycles. The summed E-state index contributed by atoms with van der Waals surface area (Å²) in [7, 11) is 0. The predicted octanol–water partition coefficient (Wildman–Crippen LogP) is 2.59. The predicted molar refractivity (Wildman–Crippen MR) is 81.1 cm³/mol. The second-order valence-corrected chi connectivity index (χ2v) is 5.17. The van der Waals surface area contributed by atoms with E-state index in [0.29, 0.717) is 12.3 Å². The van der Waals surface area contributed by atoms with Crippen molar-refractivity contribution < 1.29 is 5.11 Å². The molecule has 0 saturated heterocycles. The molecule has 108 valence electrons. The summed E-state index contributed by atoms with van der Waals surface area (Å²) in [6.45, 7) is 4.51. The fraction of sp³-hybridized carbons (Fsp3) is 0.250. The van der Waals surface area contributed by atoms with E-state index in [9.17, 15) is 5.11 Å². The minimum Gasteiger partial charge on any atom is -0.507 e. The molecule has 2 aromatic heterocycles. The van der Waals surface area contributed by atoms with Crippen LogP contribution in [-0.4, -0.2) is 19.7 Å². The van der Waals surface area contributed by atoms with Gasteiger partial charge in [0, 0.05) is 18.3 Å². The summed E-state index contributed by atoms with van der Waals surface area (Å²) in [4.78, 5) is 0. The molecule has 21 heavy (non-hydrogen) atoms. The third kappa shape index (κ3) is 2.60. The molecule has 0 fully saturated rings. The maximum atomic E-state index is 10.0. The molecule has 0 saturated carbocycles. The highest BCUT2D eigenvalue weighted by molar-refractivity contribution is 5.39. The van der Waals surface area contributed by atoms with Crippen molar-refractivity contribution in [2.75, 3.05) is 0 Å². The van der Waals surface area contributed by atoms with Crippen molar-refractivity contribution in [3.63, 3.8) is 0 Å². The van der Waals surface area contributed by atoms with E-state index in [0.717, 1.165) is 22.6 Å². The van der Waals surface area contributed by atoms with Crippen molar-refractivity contribution >= 4 is 5.65 Å². The third-order valence-corrected chi connectivity index (χ3v) is 3.65. The Labute approximate surface area is 123 Å². The van der Waals surface area contributed by atoms with Gasteiger partial charge in [0.25, 0.3) is 0 Å². The number of rotatable bonds is 4. The maximum absolute atomic E-state index is 10.0. The smallest absolute Gasteiger partial charge is 0.160 e. The first-order chi connectivity index (χ1) is 10.2. The molecule has 0 amide bonds. The number of hydrogen-bond donors (Lipinski definition) is 2. The number of phenols is 1. The average Bonchev–Trinajstić information content (AvgIpc) is 2.92. The van der Waals surface area contributed by atoms with Crippen LogP contribution in [-0.2, 0) is 6.54 Å². The van der Waals surface area contributed by atoms with E-state index in [1.165, 1.54) is 0 Å². The summed E-state index contributed by atoms with van der Waals surface area (Å²) < 4.78 is 1.97. The molecular formula is C16H18N4O. The summed E-state index contributed by atoms with van der Waals surface area (Å²) >= 11 is 0. The van der Waals surface area contributed by atoms with Gasteiger partial charge in [-0.3, -0.25) is 4.40 Å². The van der Waals surface area contributed by atoms with Gasteiger partial charge in [0.1, 0.15) is 5.75 Å². The normalized spacial score (nSPS) is 12.7. The summed E-state index contributed by atoms with van der Waals surface area (Å²) in [5.41, 5.74) is 2.60. The highest BCUT2D eigenvalue weighted by Gasteiger charge is 2.13. The zero-order chi connectivity index (χ0) is 14.8. The van der Waals surface area contributed by atoms with Crippen molar-refractivity contribution in [2.24, 2.45) is 0 Å². The number of hydrogen-bond acceptors (Lipinski definition) is 4. The quantitative estimate of drug-likeness (QED) is 0.772. The van der Waals surface area contributed by atoms with Gasteiger partial charge in [-0.1, -0.05) is 24.3 Å². The Morgan fingerprint density at radius 1 is 1.19 bits per heavy atom. The third-order valence-electron chi connectivity index (χ3n) is 3.65. The number of aryl methyl sites for hydroxylation is 1. The number of aromatic nitrogens is 3. The van der Waals surface area contributed by atoms with Gasteiger partial charge < -0.3 is 10.4 Å². The van der Waals surface area contributed by atoms with Crippen LogP contribution in [0.15, 0.2) is 42.6 Å². The first-order valence-electron chi connectivity index (χ1n) is 6.97. The number of benzene rings is 1. The molecule has 0 spiro atoms. The first-order valence-corrected chi connectivity index (χ1v) is 6.97. The topological polar surface area (TPSA) is 62.5 Å². The number of nitrogens with zero attached hydrogens (tertiary/aromatic N) is 3. The first kappa shape index (κ1) is 13.6. The lowest BCUT2D eigenvalue weighted by Crippen LogP contribution is -2.20. The number of pyridine rings is 1. The van der Waals surface area contributed by atoms with Crippen LogP contribution in [0.5, 0.6) is 5.75 Å². The zero-order valence-corrected chi connectivity index (χ0v) is 12.1. The highest BCUT2D eigenvalue weighted by Crippen LogP contribution is 2.22. The maximum Gasteiger partial charge on any atom is 0.160 e. The molecule has 1 aromatic carbocycles. The fourth-order valence-corrected chi connectivity index (χ4v) is 2.37. The van der Waals surface area contributed by atoms with Crippen LogP contribution in [0.3, 0.4) is 0 Å². The van der Waals surface area contributed by atoms with Crippen molar-refractivity contribution in [3.05, 3.63) is 59.5 Å². The average molecular weight is 282 g/mol. The molecule has 1 unspecified atom stereocenters. The lowest BCUT2D eigenvalue weighted by molar-refractivity contribution is 0.454. The summed E-state index contributed by atoms with van der Waals surface area (Å²) in [6.07, 6.45) is 1.95. The standard InChI is InChI=1S/C16H18N4O/c1-11-6-5-7-13(15(11)21)10-17-12(2)16-19-18-14-8-3-4-9-20(14)16/h3-9,12,17,21H,10H2,1-2H3. The second kappa shape index (κ2) is 5.54. The number of fused-ring (bicyclic) bond motifs is 1. The molecule has 2 N–H and O–H groups in total. The Balaban J connectivity index is 1.77. The molecule has 3 aromatic rings. The molecule has 3 rings (SSSR count). The Kier molecular flexibility index (Phi) is 3.58. The number of phenolic OH excluding ortho intramolecular Hbond substituents is 1. The summed E-state index contributed by atoms with van der Waals surface area (Å²) in [5.74, 6) is 1.21. The molecule has 5 nitrogen and oxygen atoms in total. The van der Waals surface area contributed by atoms with Crippen LogP contribution >= 0.6 is 0 Å². The second-order valence-electron chi connectivity index (χ2n) is 5.17. The van der Waals surface area contributed by atoms with E-state index in [2.05, 4.69) is 15.5 Å². The monoisotopic (exact) mass is 282 g/mol. The Morgan fingerprint density at radius 3 is 2.90 bits per heavy atom. The van der Waals surface area contributed by atoms with Crippen molar-refractivity contribution in [3.8, 4) is 5.75 Å². The lowest BCUT2D eigenvalue weighted by atomic mass is 10.1. The van der Waals surface area contributed by atoms with Gasteiger partial charge in [0.15, 0.2) is 11.5 Å². The molecular weight excluding hydrogens is 264 g/mol. The van der Waals surface area contributed by atoms with Crippen LogP contribution in [0, 0.1) is 6.92 Å². The number of para-hydroxylation sites is 1. The van der Waals surface area contributed by atoms with E-state index in [4.69, 9.17) is 0 Å². The van der Waals surface area contributed by atoms with Gasteiger partial charge in [-0.05, 0) is 31.5 Å². The van der Waals surface area contributed by atoms with Gasteiger partial charge in [0.05, 0.1) is 6.04 Å². The molecule has 0 aliphatic rings. The van der Waals surface area contributed by atoms with E-state index in [-0.39, 0.29) is 6.04 Å². The van der Waals surface area contributed by atoms with Gasteiger partial charge in [-0.25, -0.2) is 0 Å². The number of aromatic hydroxyl groups is 1. The molecule has 5 heteroatoms. The highest BCUT2D eigenvalue weighted by atomic mass is 16.3. The molecule has 1 atom stereocenters. The van der Waals surface area contributed by atoms with Gasteiger partial charge in [0.2, 0.25) is 0 Å². The van der Waals surface area contributed by atoms with Crippen molar-refractivity contribution in [2.45, 2.75) is 26.4 Å². The van der Waals surface area contributed by atoms with Crippen LogP contribution in [0.4, 0.5) is 0 Å². The molecule has 2 heterocycles. The van der Waals surface area contributed by atoms with Crippen LogP contribution in [0.1, 0.15) is 29.9 Å².